The third-order valence-electron chi connectivity index (χ3n) is 1.70. The molecule has 1 amide bonds. The summed E-state index contributed by atoms with van der Waals surface area (Å²) < 4.78 is 22.8. The first kappa shape index (κ1) is 11.7. The quantitative estimate of drug-likeness (QED) is 0.736. The Morgan fingerprint density at radius 2 is 2.00 bits per heavy atom. The Bertz CT molecular complexity index is 364. The number of carbonyl (C=O) groups is 1. The fourth-order valence-corrected chi connectivity index (χ4v) is 1.34. The minimum absolute atomic E-state index is 0.0992. The van der Waals surface area contributed by atoms with Gasteiger partial charge in [-0.2, -0.15) is 0 Å². The van der Waals surface area contributed by atoms with Gasteiger partial charge in [-0.25, -0.2) is 0 Å². The summed E-state index contributed by atoms with van der Waals surface area (Å²) in [6.45, 7) is 1.88. The maximum Gasteiger partial charge on any atom is 0.217 e. The minimum Gasteiger partial charge on any atom is -0.755 e. The predicted molar refractivity (Wildman–Crippen MR) is 56.5 cm³/mol. The van der Waals surface area contributed by atoms with Gasteiger partial charge in [-0.1, -0.05) is 12.1 Å². The summed E-state index contributed by atoms with van der Waals surface area (Å²) in [5.74, 6) is -0.0992. The van der Waals surface area contributed by atoms with E-state index in [1.54, 1.807) is 24.3 Å². The van der Waals surface area contributed by atoms with E-state index >= 15 is 0 Å². The average Bonchev–Trinajstić information content (AvgIpc) is 2.16. The SMILES string of the molecule is CC(=O)NCc1ccc(NS(=O)[O-])cc1. The van der Waals surface area contributed by atoms with E-state index in [1.807, 2.05) is 0 Å². The molecule has 0 fully saturated rings. The van der Waals surface area contributed by atoms with E-state index in [0.717, 1.165) is 5.56 Å². The van der Waals surface area contributed by atoms with Crippen molar-refractivity contribution in [2.75, 3.05) is 4.72 Å². The molecule has 0 saturated carbocycles. The third kappa shape index (κ3) is 4.57. The van der Waals surface area contributed by atoms with Crippen LogP contribution in [0.5, 0.6) is 0 Å². The monoisotopic (exact) mass is 227 g/mol. The van der Waals surface area contributed by atoms with Crippen LogP contribution in [0, 0.1) is 0 Å². The number of hydrogen-bond acceptors (Lipinski definition) is 3. The Kier molecular flexibility index (Phi) is 4.26. The Morgan fingerprint density at radius 1 is 1.40 bits per heavy atom. The zero-order valence-corrected chi connectivity index (χ0v) is 8.97. The number of carbonyl (C=O) groups excluding carboxylic acids is 1. The van der Waals surface area contributed by atoms with Crippen LogP contribution in [0.3, 0.4) is 0 Å². The van der Waals surface area contributed by atoms with Crippen molar-refractivity contribution in [1.82, 2.24) is 5.32 Å². The minimum atomic E-state index is -2.30. The van der Waals surface area contributed by atoms with Gasteiger partial charge in [-0.15, -0.1) is 0 Å². The summed E-state index contributed by atoms with van der Waals surface area (Å²) in [4.78, 5) is 10.6. The molecule has 82 valence electrons. The lowest BCUT2D eigenvalue weighted by molar-refractivity contribution is -0.119. The molecule has 1 unspecified atom stereocenters. The first-order chi connectivity index (χ1) is 7.08. The molecule has 5 nitrogen and oxygen atoms in total. The van der Waals surface area contributed by atoms with Crippen LogP contribution in [0.1, 0.15) is 12.5 Å². The Labute approximate surface area is 90.3 Å². The summed E-state index contributed by atoms with van der Waals surface area (Å²) in [7, 11) is 0. The zero-order chi connectivity index (χ0) is 11.3. The average molecular weight is 227 g/mol. The van der Waals surface area contributed by atoms with Crippen molar-refractivity contribution in [2.45, 2.75) is 13.5 Å². The van der Waals surface area contributed by atoms with Gasteiger partial charge in [0.15, 0.2) is 0 Å². The van der Waals surface area contributed by atoms with Gasteiger partial charge in [0.25, 0.3) is 0 Å². The number of hydrogen-bond donors (Lipinski definition) is 2. The predicted octanol–water partition coefficient (Wildman–Crippen LogP) is 0.529. The molecule has 0 radical (unpaired) electrons. The van der Waals surface area contributed by atoms with Crippen molar-refractivity contribution in [2.24, 2.45) is 0 Å². The van der Waals surface area contributed by atoms with Gasteiger partial charge < -0.3 is 14.6 Å². The molecule has 1 rings (SSSR count). The molecule has 0 heterocycles. The van der Waals surface area contributed by atoms with Crippen molar-refractivity contribution < 1.29 is 13.6 Å². The lowest BCUT2D eigenvalue weighted by Gasteiger charge is -2.09. The fourth-order valence-electron chi connectivity index (χ4n) is 1.01. The van der Waals surface area contributed by atoms with Crippen LogP contribution < -0.4 is 10.0 Å². The standard InChI is InChI=1S/C9H12N2O3S/c1-7(12)10-6-8-2-4-9(5-3-8)11-15(13)14/h2-5,11H,6H2,1H3,(H,10,12)(H,13,14)/p-1. The van der Waals surface area contributed by atoms with Gasteiger partial charge in [-0.05, 0) is 17.7 Å². The van der Waals surface area contributed by atoms with Crippen molar-refractivity contribution in [3.8, 4) is 0 Å². The molecule has 2 N–H and O–H groups in total. The van der Waals surface area contributed by atoms with Gasteiger partial charge >= 0.3 is 0 Å². The topological polar surface area (TPSA) is 81.3 Å². The van der Waals surface area contributed by atoms with Crippen molar-refractivity contribution in [3.05, 3.63) is 29.8 Å². The Morgan fingerprint density at radius 3 is 2.47 bits per heavy atom. The molecule has 0 aliphatic carbocycles. The highest BCUT2D eigenvalue weighted by atomic mass is 32.2. The van der Waals surface area contributed by atoms with Gasteiger partial charge in [0, 0.05) is 30.4 Å². The van der Waals surface area contributed by atoms with Crippen molar-refractivity contribution >= 4 is 22.9 Å². The van der Waals surface area contributed by atoms with Crippen LogP contribution in [-0.2, 0) is 22.6 Å². The first-order valence-corrected chi connectivity index (χ1v) is 5.34. The van der Waals surface area contributed by atoms with Crippen LogP contribution in [-0.4, -0.2) is 14.7 Å². The van der Waals surface area contributed by atoms with E-state index in [2.05, 4.69) is 10.0 Å². The molecule has 0 spiro atoms. The van der Waals surface area contributed by atoms with Crippen LogP contribution in [0.4, 0.5) is 5.69 Å². The van der Waals surface area contributed by atoms with Gasteiger partial charge in [0.05, 0.1) is 0 Å². The fraction of sp³-hybridized carbons (Fsp3) is 0.222. The molecular formula is C9H11N2O3S-. The number of benzene rings is 1. The van der Waals surface area contributed by atoms with Crippen LogP contribution >= 0.6 is 0 Å². The largest absolute Gasteiger partial charge is 0.755 e. The lowest BCUT2D eigenvalue weighted by Crippen LogP contribution is -2.18. The molecule has 0 aliphatic rings. The van der Waals surface area contributed by atoms with Gasteiger partial charge in [0.1, 0.15) is 0 Å². The van der Waals surface area contributed by atoms with Crippen LogP contribution in [0.15, 0.2) is 24.3 Å². The highest BCUT2D eigenvalue weighted by Gasteiger charge is 1.95. The smallest absolute Gasteiger partial charge is 0.217 e. The van der Waals surface area contributed by atoms with E-state index in [-0.39, 0.29) is 5.91 Å². The van der Waals surface area contributed by atoms with E-state index in [9.17, 15) is 13.6 Å². The summed E-state index contributed by atoms with van der Waals surface area (Å²) in [5.41, 5.74) is 1.40. The second kappa shape index (κ2) is 5.47. The molecular weight excluding hydrogens is 216 g/mol. The van der Waals surface area contributed by atoms with E-state index in [1.165, 1.54) is 6.92 Å². The number of nitrogens with one attached hydrogen (secondary N) is 2. The molecule has 0 bridgehead atoms. The molecule has 0 saturated heterocycles. The van der Waals surface area contributed by atoms with Crippen LogP contribution in [0.2, 0.25) is 0 Å². The Balaban J connectivity index is 2.56. The van der Waals surface area contributed by atoms with Crippen LogP contribution in [0.25, 0.3) is 0 Å². The molecule has 1 atom stereocenters. The zero-order valence-electron chi connectivity index (χ0n) is 8.15. The molecule has 0 aliphatic heterocycles. The van der Waals surface area contributed by atoms with Crippen molar-refractivity contribution in [3.63, 3.8) is 0 Å². The second-order valence-corrected chi connectivity index (χ2v) is 3.62. The molecule has 1 aromatic carbocycles. The maximum atomic E-state index is 10.6. The van der Waals surface area contributed by atoms with Crippen molar-refractivity contribution in [1.29, 1.82) is 0 Å². The number of anilines is 1. The molecule has 1 aromatic rings. The maximum absolute atomic E-state index is 10.6. The normalized spacial score (nSPS) is 11.9. The summed E-state index contributed by atoms with van der Waals surface area (Å²) in [6, 6.07) is 6.75. The summed E-state index contributed by atoms with van der Waals surface area (Å²) >= 11 is -2.30. The van der Waals surface area contributed by atoms with Gasteiger partial charge in [-0.3, -0.25) is 9.00 Å². The second-order valence-electron chi connectivity index (χ2n) is 2.94. The lowest BCUT2D eigenvalue weighted by atomic mass is 10.2. The molecule has 0 aromatic heterocycles. The first-order valence-electron chi connectivity index (χ1n) is 4.27. The molecule has 6 heteroatoms. The number of rotatable bonds is 4. The summed E-state index contributed by atoms with van der Waals surface area (Å²) in [5, 5.41) is 2.64. The Hall–Kier alpha value is -1.40. The van der Waals surface area contributed by atoms with E-state index < -0.39 is 11.3 Å². The number of amides is 1. The van der Waals surface area contributed by atoms with E-state index in [0.29, 0.717) is 12.2 Å². The van der Waals surface area contributed by atoms with E-state index in [4.69, 9.17) is 0 Å². The van der Waals surface area contributed by atoms with Gasteiger partial charge in [0.2, 0.25) is 5.91 Å². The third-order valence-corrected chi connectivity index (χ3v) is 2.10. The molecule has 15 heavy (non-hydrogen) atoms. The summed E-state index contributed by atoms with van der Waals surface area (Å²) in [6.07, 6.45) is 0. The highest BCUT2D eigenvalue weighted by Crippen LogP contribution is 2.09. The highest BCUT2D eigenvalue weighted by molar-refractivity contribution is 7.80.